The molecule has 2 aromatic rings. The predicted molar refractivity (Wildman–Crippen MR) is 68.3 cm³/mol. The number of carbonyl (C=O) groups excluding carboxylic acids is 1. The average molecular weight is 280 g/mol. The second-order valence-corrected chi connectivity index (χ2v) is 4.40. The molecule has 0 radical (unpaired) electrons. The number of anilines is 1. The molecule has 6 nitrogen and oxygen atoms in total. The zero-order valence-corrected chi connectivity index (χ0v) is 10.6. The molecular formula is C11H9FN4O2S. The highest BCUT2D eigenvalue weighted by Crippen LogP contribution is 2.16. The standard InChI is InChI=1S/C11H9FN4O2S/c1-6(16-18)9-5-19-11(14-9)15-10(17)8-3-2-7(12)4-13-8/h2-5,18H,1H3,(H,14,15,17)/b16-6-. The van der Waals surface area contributed by atoms with Gasteiger partial charge in [0.15, 0.2) is 5.13 Å². The molecule has 19 heavy (non-hydrogen) atoms. The summed E-state index contributed by atoms with van der Waals surface area (Å²) in [7, 11) is 0. The van der Waals surface area contributed by atoms with Gasteiger partial charge in [-0.05, 0) is 19.1 Å². The summed E-state index contributed by atoms with van der Waals surface area (Å²) < 4.78 is 12.7. The van der Waals surface area contributed by atoms with E-state index in [0.29, 0.717) is 16.5 Å². The van der Waals surface area contributed by atoms with Crippen molar-refractivity contribution in [1.82, 2.24) is 9.97 Å². The molecule has 0 aliphatic rings. The second kappa shape index (κ2) is 5.53. The Kier molecular flexibility index (Phi) is 3.81. The van der Waals surface area contributed by atoms with E-state index in [1.54, 1.807) is 12.3 Å². The molecule has 98 valence electrons. The Morgan fingerprint density at radius 1 is 1.47 bits per heavy atom. The largest absolute Gasteiger partial charge is 0.411 e. The van der Waals surface area contributed by atoms with Crippen LogP contribution in [0.2, 0.25) is 0 Å². The van der Waals surface area contributed by atoms with Gasteiger partial charge in [-0.3, -0.25) is 10.1 Å². The van der Waals surface area contributed by atoms with E-state index in [1.807, 2.05) is 0 Å². The Bertz CT molecular complexity index is 624. The van der Waals surface area contributed by atoms with Gasteiger partial charge in [-0.1, -0.05) is 5.16 Å². The third kappa shape index (κ3) is 3.10. The number of amides is 1. The number of hydrogen-bond donors (Lipinski definition) is 2. The highest BCUT2D eigenvalue weighted by molar-refractivity contribution is 7.14. The second-order valence-electron chi connectivity index (χ2n) is 3.54. The van der Waals surface area contributed by atoms with Gasteiger partial charge < -0.3 is 5.21 Å². The van der Waals surface area contributed by atoms with Crippen LogP contribution in [0.15, 0.2) is 28.9 Å². The van der Waals surface area contributed by atoms with Crippen molar-refractivity contribution in [3.63, 3.8) is 0 Å². The zero-order valence-electron chi connectivity index (χ0n) is 9.79. The number of thiazole rings is 1. The molecule has 0 saturated carbocycles. The van der Waals surface area contributed by atoms with Gasteiger partial charge in [0, 0.05) is 5.38 Å². The minimum atomic E-state index is -0.511. The van der Waals surface area contributed by atoms with Crippen molar-refractivity contribution >= 4 is 28.1 Å². The van der Waals surface area contributed by atoms with E-state index >= 15 is 0 Å². The van der Waals surface area contributed by atoms with Gasteiger partial charge in [0.1, 0.15) is 22.9 Å². The third-order valence-corrected chi connectivity index (χ3v) is 2.96. The van der Waals surface area contributed by atoms with Crippen LogP contribution in [0.5, 0.6) is 0 Å². The Morgan fingerprint density at radius 3 is 2.89 bits per heavy atom. The number of rotatable bonds is 3. The smallest absolute Gasteiger partial charge is 0.276 e. The molecule has 0 atom stereocenters. The van der Waals surface area contributed by atoms with Crippen molar-refractivity contribution in [2.45, 2.75) is 6.92 Å². The van der Waals surface area contributed by atoms with Crippen molar-refractivity contribution in [2.24, 2.45) is 5.16 Å². The summed E-state index contributed by atoms with van der Waals surface area (Å²) in [5.41, 5.74) is 0.900. The van der Waals surface area contributed by atoms with Crippen LogP contribution in [0.1, 0.15) is 23.1 Å². The van der Waals surface area contributed by atoms with Crippen LogP contribution >= 0.6 is 11.3 Å². The Labute approximate surface area is 111 Å². The molecule has 2 rings (SSSR count). The maximum absolute atomic E-state index is 12.7. The van der Waals surface area contributed by atoms with Crippen molar-refractivity contribution in [3.8, 4) is 0 Å². The first kappa shape index (κ1) is 13.1. The van der Waals surface area contributed by atoms with Crippen LogP contribution in [-0.4, -0.2) is 26.8 Å². The molecule has 2 N–H and O–H groups in total. The van der Waals surface area contributed by atoms with Gasteiger partial charge in [-0.25, -0.2) is 14.4 Å². The molecule has 0 aliphatic carbocycles. The summed E-state index contributed by atoms with van der Waals surface area (Å²) in [6.07, 6.45) is 0.963. The first-order chi connectivity index (χ1) is 9.10. The third-order valence-electron chi connectivity index (χ3n) is 2.21. The molecule has 0 unspecified atom stereocenters. The highest BCUT2D eigenvalue weighted by atomic mass is 32.1. The summed E-state index contributed by atoms with van der Waals surface area (Å²) in [6, 6.07) is 2.43. The first-order valence-corrected chi connectivity index (χ1v) is 6.05. The lowest BCUT2D eigenvalue weighted by molar-refractivity contribution is 0.102. The molecule has 0 aliphatic heterocycles. The fourth-order valence-electron chi connectivity index (χ4n) is 1.22. The summed E-state index contributed by atoms with van der Waals surface area (Å²) in [4.78, 5) is 19.5. The van der Waals surface area contributed by atoms with Gasteiger partial charge in [-0.2, -0.15) is 0 Å². The van der Waals surface area contributed by atoms with Crippen LogP contribution in [0, 0.1) is 5.82 Å². The molecule has 0 saturated heterocycles. The molecule has 2 heterocycles. The van der Waals surface area contributed by atoms with Crippen LogP contribution < -0.4 is 5.32 Å². The maximum Gasteiger partial charge on any atom is 0.276 e. The minimum absolute atomic E-state index is 0.0886. The Hall–Kier alpha value is -2.35. The van der Waals surface area contributed by atoms with Crippen LogP contribution in [0.3, 0.4) is 0 Å². The van der Waals surface area contributed by atoms with E-state index in [0.717, 1.165) is 12.3 Å². The highest BCUT2D eigenvalue weighted by Gasteiger charge is 2.11. The summed E-state index contributed by atoms with van der Waals surface area (Å²) in [5.74, 6) is -0.998. The lowest BCUT2D eigenvalue weighted by Crippen LogP contribution is -2.13. The molecule has 1 amide bonds. The van der Waals surface area contributed by atoms with Crippen molar-refractivity contribution in [3.05, 3.63) is 40.9 Å². The number of aromatic nitrogens is 2. The fourth-order valence-corrected chi connectivity index (χ4v) is 1.97. The number of pyridine rings is 1. The lowest BCUT2D eigenvalue weighted by atomic mass is 10.3. The molecule has 8 heteroatoms. The average Bonchev–Trinajstić information content (AvgIpc) is 2.87. The monoisotopic (exact) mass is 280 g/mol. The van der Waals surface area contributed by atoms with Crippen molar-refractivity contribution in [1.29, 1.82) is 0 Å². The summed E-state index contributed by atoms with van der Waals surface area (Å²) in [6.45, 7) is 1.59. The SMILES string of the molecule is C/C(=N/O)c1csc(NC(=O)c2ccc(F)cn2)n1. The molecule has 0 fully saturated rings. The van der Waals surface area contributed by atoms with E-state index < -0.39 is 11.7 Å². The van der Waals surface area contributed by atoms with Gasteiger partial charge in [-0.15, -0.1) is 11.3 Å². The van der Waals surface area contributed by atoms with Gasteiger partial charge in [0.05, 0.1) is 6.20 Å². The van der Waals surface area contributed by atoms with Crippen LogP contribution in [-0.2, 0) is 0 Å². The topological polar surface area (TPSA) is 87.5 Å². The number of nitrogens with zero attached hydrogens (tertiary/aromatic N) is 3. The lowest BCUT2D eigenvalue weighted by Gasteiger charge is -2.00. The zero-order chi connectivity index (χ0) is 13.8. The fraction of sp³-hybridized carbons (Fsp3) is 0.0909. The summed E-state index contributed by atoms with van der Waals surface area (Å²) >= 11 is 1.18. The molecule has 0 bridgehead atoms. The van der Waals surface area contributed by atoms with Crippen molar-refractivity contribution < 1.29 is 14.4 Å². The molecular weight excluding hydrogens is 271 g/mol. The van der Waals surface area contributed by atoms with E-state index in [9.17, 15) is 9.18 Å². The number of hydrogen-bond acceptors (Lipinski definition) is 6. The van der Waals surface area contributed by atoms with Gasteiger partial charge in [0.25, 0.3) is 5.91 Å². The van der Waals surface area contributed by atoms with Gasteiger partial charge >= 0.3 is 0 Å². The number of oxime groups is 1. The number of nitrogens with one attached hydrogen (secondary N) is 1. The summed E-state index contributed by atoms with van der Waals surface area (Å²) in [5, 5.41) is 16.1. The van der Waals surface area contributed by atoms with E-state index in [-0.39, 0.29) is 5.69 Å². The van der Waals surface area contributed by atoms with E-state index in [1.165, 1.54) is 17.4 Å². The molecule has 2 aromatic heterocycles. The van der Waals surface area contributed by atoms with Crippen LogP contribution in [0.4, 0.5) is 9.52 Å². The van der Waals surface area contributed by atoms with Gasteiger partial charge in [0.2, 0.25) is 0 Å². The van der Waals surface area contributed by atoms with Crippen molar-refractivity contribution in [2.75, 3.05) is 5.32 Å². The molecule has 0 spiro atoms. The number of carbonyl (C=O) groups is 1. The maximum atomic E-state index is 12.7. The normalized spacial score (nSPS) is 11.4. The Balaban J connectivity index is 2.11. The van der Waals surface area contributed by atoms with E-state index in [4.69, 9.17) is 5.21 Å². The molecule has 0 aromatic carbocycles. The number of halogens is 1. The van der Waals surface area contributed by atoms with E-state index in [2.05, 4.69) is 20.4 Å². The predicted octanol–water partition coefficient (Wildman–Crippen LogP) is 2.13. The first-order valence-electron chi connectivity index (χ1n) is 5.17. The van der Waals surface area contributed by atoms with Crippen LogP contribution in [0.25, 0.3) is 0 Å². The minimum Gasteiger partial charge on any atom is -0.411 e. The quantitative estimate of drug-likeness (QED) is 0.512. The Morgan fingerprint density at radius 2 is 2.26 bits per heavy atom.